The molecular formula is C17H17BrCl2NO3P. The number of hydrogen-bond acceptors (Lipinski definition) is 4. The molecule has 0 bridgehead atoms. The molecule has 1 aliphatic rings. The fourth-order valence-electron chi connectivity index (χ4n) is 2.60. The molecule has 0 aromatic heterocycles. The second kappa shape index (κ2) is 7.99. The molecule has 0 saturated carbocycles. The fraction of sp³-hybridized carbons (Fsp3) is 0.294. The number of halogens is 3. The van der Waals surface area contributed by atoms with Gasteiger partial charge in [0.15, 0.2) is 5.78 Å². The van der Waals surface area contributed by atoms with E-state index < -0.39 is 13.4 Å². The van der Waals surface area contributed by atoms with Gasteiger partial charge in [-0.05, 0) is 49.2 Å². The first-order chi connectivity index (χ1) is 11.9. The van der Waals surface area contributed by atoms with Gasteiger partial charge < -0.3 is 14.4 Å². The van der Waals surface area contributed by atoms with Gasteiger partial charge in [-0.1, -0.05) is 51.3 Å². The van der Waals surface area contributed by atoms with Gasteiger partial charge in [-0.2, -0.15) is 0 Å². The Kier molecular flexibility index (Phi) is 6.15. The molecule has 0 amide bonds. The molecule has 1 heterocycles. The molecule has 25 heavy (non-hydrogen) atoms. The smallest absolute Gasteiger partial charge is 0.357 e. The molecule has 1 fully saturated rings. The van der Waals surface area contributed by atoms with Crippen LogP contribution in [0.4, 0.5) is 5.69 Å². The summed E-state index contributed by atoms with van der Waals surface area (Å²) in [7, 11) is -3.43. The molecule has 3 rings (SSSR count). The Morgan fingerprint density at radius 1 is 1.20 bits per heavy atom. The van der Waals surface area contributed by atoms with E-state index in [9.17, 15) is 4.57 Å². The SMILES string of the molecule is C[C@@H]1CCO[P@@](=O)([C@H](Nc2cc(Cl)cc(Cl)c2)c2ccc(Br)cc2)O1. The van der Waals surface area contributed by atoms with Crippen molar-refractivity contribution in [3.63, 3.8) is 0 Å². The Morgan fingerprint density at radius 2 is 1.84 bits per heavy atom. The van der Waals surface area contributed by atoms with E-state index in [1.165, 1.54) is 0 Å². The highest BCUT2D eigenvalue weighted by atomic mass is 79.9. The molecule has 8 heteroatoms. The van der Waals surface area contributed by atoms with Crippen LogP contribution in [0.25, 0.3) is 0 Å². The number of anilines is 1. The Balaban J connectivity index is 1.99. The minimum absolute atomic E-state index is 0.137. The van der Waals surface area contributed by atoms with Crippen LogP contribution in [-0.2, 0) is 13.6 Å². The van der Waals surface area contributed by atoms with Gasteiger partial charge in [0.2, 0.25) is 0 Å². The fourth-order valence-corrected chi connectivity index (χ4v) is 5.53. The standard InChI is InChI=1S/C17H17BrCl2NO3P/c1-11-6-7-23-25(22,24-11)17(12-2-4-13(18)5-3-12)21-16-9-14(19)8-15(20)10-16/h2-5,8-11,17,21H,6-7H2,1H3/t11-,17+,25+/m1/s1. The second-order valence-corrected chi connectivity index (χ2v) is 9.69. The number of rotatable bonds is 4. The van der Waals surface area contributed by atoms with Crippen molar-refractivity contribution >= 4 is 52.4 Å². The van der Waals surface area contributed by atoms with Crippen molar-refractivity contribution in [2.75, 3.05) is 11.9 Å². The van der Waals surface area contributed by atoms with Crippen molar-refractivity contribution in [3.05, 3.63) is 62.5 Å². The highest BCUT2D eigenvalue weighted by Crippen LogP contribution is 2.63. The third-order valence-electron chi connectivity index (χ3n) is 3.79. The van der Waals surface area contributed by atoms with Crippen LogP contribution >= 0.6 is 46.7 Å². The third-order valence-corrected chi connectivity index (χ3v) is 7.01. The van der Waals surface area contributed by atoms with Crippen molar-refractivity contribution < 1.29 is 13.6 Å². The molecule has 2 aromatic carbocycles. The van der Waals surface area contributed by atoms with Crippen molar-refractivity contribution in [2.24, 2.45) is 0 Å². The maximum Gasteiger partial charge on any atom is 0.357 e. The van der Waals surface area contributed by atoms with Crippen LogP contribution in [0.5, 0.6) is 0 Å². The van der Waals surface area contributed by atoms with Crippen molar-refractivity contribution in [1.29, 1.82) is 0 Å². The Morgan fingerprint density at radius 3 is 2.44 bits per heavy atom. The molecule has 0 aliphatic carbocycles. The maximum atomic E-state index is 13.4. The van der Waals surface area contributed by atoms with Crippen LogP contribution in [0.1, 0.15) is 24.7 Å². The van der Waals surface area contributed by atoms with Crippen molar-refractivity contribution in [3.8, 4) is 0 Å². The van der Waals surface area contributed by atoms with Crippen LogP contribution in [0.3, 0.4) is 0 Å². The predicted octanol–water partition coefficient (Wildman–Crippen LogP) is 6.89. The van der Waals surface area contributed by atoms with E-state index in [0.717, 1.165) is 10.0 Å². The molecule has 1 saturated heterocycles. The van der Waals surface area contributed by atoms with Gasteiger partial charge in [0.1, 0.15) is 0 Å². The summed E-state index contributed by atoms with van der Waals surface area (Å²) in [5.41, 5.74) is 1.43. The van der Waals surface area contributed by atoms with Gasteiger partial charge in [-0.15, -0.1) is 0 Å². The summed E-state index contributed by atoms with van der Waals surface area (Å²) >= 11 is 15.6. The first kappa shape index (κ1) is 19.2. The Labute approximate surface area is 165 Å². The van der Waals surface area contributed by atoms with E-state index in [0.29, 0.717) is 28.8 Å². The lowest BCUT2D eigenvalue weighted by Gasteiger charge is -2.34. The maximum absolute atomic E-state index is 13.4. The quantitative estimate of drug-likeness (QED) is 0.500. The highest BCUT2D eigenvalue weighted by Gasteiger charge is 2.41. The zero-order valence-electron chi connectivity index (χ0n) is 13.4. The molecule has 1 N–H and O–H groups in total. The lowest BCUT2D eigenvalue weighted by molar-refractivity contribution is 0.0887. The van der Waals surface area contributed by atoms with E-state index in [2.05, 4.69) is 21.2 Å². The van der Waals surface area contributed by atoms with Crippen LogP contribution in [-0.4, -0.2) is 12.7 Å². The van der Waals surface area contributed by atoms with E-state index in [4.69, 9.17) is 32.2 Å². The normalized spacial score (nSPS) is 24.7. The van der Waals surface area contributed by atoms with Crippen LogP contribution in [0.2, 0.25) is 10.0 Å². The van der Waals surface area contributed by atoms with Crippen LogP contribution in [0.15, 0.2) is 46.9 Å². The molecular weight excluding hydrogens is 448 g/mol. The first-order valence-corrected chi connectivity index (χ1v) is 10.9. The zero-order chi connectivity index (χ0) is 18.0. The van der Waals surface area contributed by atoms with E-state index in [1.807, 2.05) is 31.2 Å². The number of benzene rings is 2. The van der Waals surface area contributed by atoms with Gasteiger partial charge in [0.25, 0.3) is 0 Å². The summed E-state index contributed by atoms with van der Waals surface area (Å²) < 4.78 is 25.7. The molecule has 0 radical (unpaired) electrons. The average Bonchev–Trinajstić information content (AvgIpc) is 2.52. The largest absolute Gasteiger partial charge is 0.368 e. The lowest BCUT2D eigenvalue weighted by atomic mass is 10.2. The van der Waals surface area contributed by atoms with Gasteiger partial charge in [-0.25, -0.2) is 0 Å². The molecule has 3 atom stereocenters. The Bertz CT molecular complexity index is 783. The summed E-state index contributed by atoms with van der Waals surface area (Å²) in [6, 6.07) is 12.6. The van der Waals surface area contributed by atoms with Gasteiger partial charge in [0, 0.05) is 20.2 Å². The minimum Gasteiger partial charge on any atom is -0.368 e. The van der Waals surface area contributed by atoms with Crippen LogP contribution < -0.4 is 5.32 Å². The summed E-state index contributed by atoms with van der Waals surface area (Å²) in [6.45, 7) is 2.29. The molecule has 4 nitrogen and oxygen atoms in total. The molecule has 134 valence electrons. The predicted molar refractivity (Wildman–Crippen MR) is 106 cm³/mol. The third kappa shape index (κ3) is 4.79. The minimum atomic E-state index is -3.43. The topological polar surface area (TPSA) is 47.6 Å². The first-order valence-electron chi connectivity index (χ1n) is 7.76. The lowest BCUT2D eigenvalue weighted by Crippen LogP contribution is -2.23. The van der Waals surface area contributed by atoms with Crippen LogP contribution in [0, 0.1) is 0 Å². The zero-order valence-corrected chi connectivity index (χ0v) is 17.4. The van der Waals surface area contributed by atoms with Gasteiger partial charge in [-0.3, -0.25) is 4.57 Å². The number of nitrogens with one attached hydrogen (secondary N) is 1. The van der Waals surface area contributed by atoms with Gasteiger partial charge in [0.05, 0.1) is 12.7 Å². The van der Waals surface area contributed by atoms with E-state index in [-0.39, 0.29) is 6.10 Å². The molecule has 2 aromatic rings. The molecule has 1 aliphatic heterocycles. The van der Waals surface area contributed by atoms with Crippen molar-refractivity contribution in [1.82, 2.24) is 0 Å². The molecule has 0 unspecified atom stereocenters. The summed E-state index contributed by atoms with van der Waals surface area (Å²) in [5.74, 6) is -0.669. The average molecular weight is 465 g/mol. The van der Waals surface area contributed by atoms with Gasteiger partial charge >= 0.3 is 7.60 Å². The van der Waals surface area contributed by atoms with E-state index in [1.54, 1.807) is 18.2 Å². The second-order valence-electron chi connectivity index (χ2n) is 5.83. The monoisotopic (exact) mass is 463 g/mol. The number of hydrogen-bond donors (Lipinski definition) is 1. The van der Waals surface area contributed by atoms with Crippen molar-refractivity contribution in [2.45, 2.75) is 25.2 Å². The highest BCUT2D eigenvalue weighted by molar-refractivity contribution is 9.10. The summed E-state index contributed by atoms with van der Waals surface area (Å²) in [4.78, 5) is 0. The molecule has 0 spiro atoms. The van der Waals surface area contributed by atoms with E-state index >= 15 is 0 Å². The Hall–Kier alpha value is -0.550. The summed E-state index contributed by atoms with van der Waals surface area (Å²) in [5, 5.41) is 4.21. The summed E-state index contributed by atoms with van der Waals surface area (Å²) in [6.07, 6.45) is 0.572.